The predicted octanol–water partition coefficient (Wildman–Crippen LogP) is 4.67. The lowest BCUT2D eigenvalue weighted by Gasteiger charge is -2.36. The number of anilines is 1. The third kappa shape index (κ3) is 3.87. The Morgan fingerprint density at radius 2 is 1.69 bits per heavy atom. The van der Waals surface area contributed by atoms with Crippen molar-refractivity contribution >= 4 is 16.7 Å². The summed E-state index contributed by atoms with van der Waals surface area (Å²) >= 11 is 0. The molecule has 0 radical (unpaired) electrons. The summed E-state index contributed by atoms with van der Waals surface area (Å²) in [6.45, 7) is 4.07. The van der Waals surface area contributed by atoms with Crippen LogP contribution in [0.4, 0.5) is 10.1 Å². The largest absolute Gasteiger partial charge is 0.507 e. The number of piperazine rings is 1. The molecule has 164 valence electrons. The van der Waals surface area contributed by atoms with Crippen molar-refractivity contribution in [2.45, 2.75) is 6.54 Å². The van der Waals surface area contributed by atoms with Crippen molar-refractivity contribution in [1.82, 2.24) is 10.1 Å². The molecule has 0 atom stereocenters. The summed E-state index contributed by atoms with van der Waals surface area (Å²) in [6, 6.07) is 17.7. The van der Waals surface area contributed by atoms with Crippen LogP contribution in [0.25, 0.3) is 22.2 Å². The van der Waals surface area contributed by atoms with Gasteiger partial charge in [0.15, 0.2) is 5.58 Å². The third-order valence-corrected chi connectivity index (χ3v) is 6.03. The topological polar surface area (TPSA) is 62.0 Å². The fourth-order valence-electron chi connectivity index (χ4n) is 4.20. The molecule has 4 aromatic rings. The number of aromatic nitrogens is 1. The van der Waals surface area contributed by atoms with Crippen molar-refractivity contribution < 1.29 is 18.8 Å². The molecule has 0 unspecified atom stereocenters. The van der Waals surface area contributed by atoms with E-state index in [-0.39, 0.29) is 11.6 Å². The zero-order valence-electron chi connectivity index (χ0n) is 17.8. The first kappa shape index (κ1) is 20.3. The second-order valence-corrected chi connectivity index (χ2v) is 7.94. The molecule has 1 N–H and O–H groups in total. The monoisotopic (exact) mass is 433 g/mol. The predicted molar refractivity (Wildman–Crippen MR) is 122 cm³/mol. The fraction of sp³-hybridized carbons (Fsp3) is 0.240. The lowest BCUT2D eigenvalue weighted by atomic mass is 10.0. The maximum atomic E-state index is 13.3. The van der Waals surface area contributed by atoms with Crippen LogP contribution in [0.15, 0.2) is 65.2 Å². The Bertz CT molecular complexity index is 1210. The molecule has 6 nitrogen and oxygen atoms in total. The van der Waals surface area contributed by atoms with Crippen molar-refractivity contribution in [2.24, 2.45) is 0 Å². The Labute approximate surface area is 185 Å². The summed E-state index contributed by atoms with van der Waals surface area (Å²) in [5.41, 5.74) is 3.89. The number of halogens is 1. The third-order valence-electron chi connectivity index (χ3n) is 6.03. The van der Waals surface area contributed by atoms with Crippen LogP contribution in [-0.4, -0.2) is 48.5 Å². The standard InChI is InChI=1S/C25H24FN3O3/c1-31-20-8-6-19(7-9-20)29-14-12-28(13-15-29)16-22-23(30)11-10-21-24(27-32-25(21)22)17-2-4-18(26)5-3-17/h2-11,30H,12-16H2,1H3. The van der Waals surface area contributed by atoms with Gasteiger partial charge in [-0.25, -0.2) is 4.39 Å². The number of hydrogen-bond donors (Lipinski definition) is 1. The van der Waals surface area contributed by atoms with E-state index >= 15 is 0 Å². The molecule has 0 saturated carbocycles. The quantitative estimate of drug-likeness (QED) is 0.494. The molecule has 1 aliphatic rings. The van der Waals surface area contributed by atoms with E-state index < -0.39 is 0 Å². The molecule has 1 fully saturated rings. The lowest BCUT2D eigenvalue weighted by Crippen LogP contribution is -2.45. The molecule has 7 heteroatoms. The van der Waals surface area contributed by atoms with E-state index in [9.17, 15) is 9.50 Å². The van der Waals surface area contributed by atoms with Gasteiger partial charge in [0.05, 0.1) is 18.1 Å². The van der Waals surface area contributed by atoms with E-state index in [2.05, 4.69) is 27.1 Å². The minimum atomic E-state index is -0.298. The highest BCUT2D eigenvalue weighted by Crippen LogP contribution is 2.35. The second-order valence-electron chi connectivity index (χ2n) is 7.94. The fourth-order valence-corrected chi connectivity index (χ4v) is 4.20. The minimum absolute atomic E-state index is 0.192. The molecule has 2 heterocycles. The number of hydrogen-bond acceptors (Lipinski definition) is 6. The van der Waals surface area contributed by atoms with Crippen molar-refractivity contribution in [3.63, 3.8) is 0 Å². The Kier molecular flexibility index (Phi) is 5.41. The SMILES string of the molecule is COc1ccc(N2CCN(Cc3c(O)ccc4c(-c5ccc(F)cc5)noc34)CC2)cc1. The maximum Gasteiger partial charge on any atom is 0.175 e. The van der Waals surface area contributed by atoms with Gasteiger partial charge in [-0.05, 0) is 60.7 Å². The van der Waals surface area contributed by atoms with E-state index in [1.807, 2.05) is 12.1 Å². The molecule has 0 amide bonds. The van der Waals surface area contributed by atoms with Crippen molar-refractivity contribution in [3.8, 4) is 22.8 Å². The molecule has 1 aliphatic heterocycles. The zero-order chi connectivity index (χ0) is 22.1. The van der Waals surface area contributed by atoms with E-state index in [1.165, 1.54) is 17.8 Å². The number of phenols is 1. The average molecular weight is 433 g/mol. The van der Waals surface area contributed by atoms with Gasteiger partial charge in [0.25, 0.3) is 0 Å². The molecule has 3 aromatic carbocycles. The summed E-state index contributed by atoms with van der Waals surface area (Å²) in [6.07, 6.45) is 0. The van der Waals surface area contributed by atoms with Gasteiger partial charge in [-0.3, -0.25) is 4.90 Å². The van der Waals surface area contributed by atoms with Crippen molar-refractivity contribution in [2.75, 3.05) is 38.2 Å². The Morgan fingerprint density at radius 3 is 2.38 bits per heavy atom. The first-order valence-corrected chi connectivity index (χ1v) is 10.6. The molecule has 1 saturated heterocycles. The van der Waals surface area contributed by atoms with Gasteiger partial charge in [-0.1, -0.05) is 5.16 Å². The van der Waals surface area contributed by atoms with Crippen LogP contribution < -0.4 is 9.64 Å². The molecular formula is C25H24FN3O3. The van der Waals surface area contributed by atoms with Crippen LogP contribution in [-0.2, 0) is 6.54 Å². The highest BCUT2D eigenvalue weighted by atomic mass is 19.1. The summed E-state index contributed by atoms with van der Waals surface area (Å²) in [5.74, 6) is 0.744. The van der Waals surface area contributed by atoms with Crippen LogP contribution in [0.5, 0.6) is 11.5 Å². The summed E-state index contributed by atoms with van der Waals surface area (Å²) in [4.78, 5) is 4.64. The maximum absolute atomic E-state index is 13.3. The molecule has 1 aromatic heterocycles. The van der Waals surface area contributed by atoms with Crippen LogP contribution in [0.2, 0.25) is 0 Å². The van der Waals surface area contributed by atoms with Gasteiger partial charge in [0.2, 0.25) is 0 Å². The van der Waals surface area contributed by atoms with Gasteiger partial charge in [0, 0.05) is 44.0 Å². The Morgan fingerprint density at radius 1 is 0.969 bits per heavy atom. The highest BCUT2D eigenvalue weighted by molar-refractivity contribution is 5.94. The summed E-state index contributed by atoms with van der Waals surface area (Å²) in [7, 11) is 1.67. The van der Waals surface area contributed by atoms with Crippen molar-refractivity contribution in [1.29, 1.82) is 0 Å². The highest BCUT2D eigenvalue weighted by Gasteiger charge is 2.22. The molecular weight excluding hydrogens is 409 g/mol. The molecule has 0 bridgehead atoms. The Hall–Kier alpha value is -3.58. The van der Waals surface area contributed by atoms with Gasteiger partial charge < -0.3 is 19.3 Å². The Balaban J connectivity index is 1.33. The number of rotatable bonds is 5. The van der Waals surface area contributed by atoms with Crippen molar-refractivity contribution in [3.05, 3.63) is 72.0 Å². The van der Waals surface area contributed by atoms with Gasteiger partial charge in [-0.15, -0.1) is 0 Å². The second kappa shape index (κ2) is 8.51. The molecule has 5 rings (SSSR count). The first-order valence-electron chi connectivity index (χ1n) is 10.6. The lowest BCUT2D eigenvalue weighted by molar-refractivity contribution is 0.246. The first-order chi connectivity index (χ1) is 15.6. The molecule has 0 aliphatic carbocycles. The number of ether oxygens (including phenoxy) is 1. The van der Waals surface area contributed by atoms with E-state index in [0.717, 1.165) is 48.4 Å². The molecule has 32 heavy (non-hydrogen) atoms. The van der Waals surface area contributed by atoms with E-state index in [0.29, 0.717) is 17.8 Å². The van der Waals surface area contributed by atoms with Crippen LogP contribution in [0, 0.1) is 5.82 Å². The van der Waals surface area contributed by atoms with E-state index in [4.69, 9.17) is 9.26 Å². The van der Waals surface area contributed by atoms with Crippen LogP contribution >= 0.6 is 0 Å². The number of fused-ring (bicyclic) bond motifs is 1. The number of nitrogens with zero attached hydrogens (tertiary/aromatic N) is 3. The number of methoxy groups -OCH3 is 1. The number of phenolic OH excluding ortho intramolecular Hbond substituents is 1. The summed E-state index contributed by atoms with van der Waals surface area (Å²) < 4.78 is 24.2. The number of aromatic hydroxyl groups is 1. The molecule has 0 spiro atoms. The zero-order valence-corrected chi connectivity index (χ0v) is 17.8. The van der Waals surface area contributed by atoms with Gasteiger partial charge >= 0.3 is 0 Å². The summed E-state index contributed by atoms with van der Waals surface area (Å²) in [5, 5.41) is 15.6. The minimum Gasteiger partial charge on any atom is -0.507 e. The van der Waals surface area contributed by atoms with Gasteiger partial charge in [0.1, 0.15) is 23.0 Å². The van der Waals surface area contributed by atoms with Gasteiger partial charge in [-0.2, -0.15) is 0 Å². The van der Waals surface area contributed by atoms with Crippen LogP contribution in [0.1, 0.15) is 5.56 Å². The normalized spacial score (nSPS) is 14.8. The smallest absolute Gasteiger partial charge is 0.175 e. The average Bonchev–Trinajstić information content (AvgIpc) is 3.26. The van der Waals surface area contributed by atoms with Crippen LogP contribution in [0.3, 0.4) is 0 Å². The van der Waals surface area contributed by atoms with E-state index in [1.54, 1.807) is 31.4 Å². The number of benzene rings is 3.